The predicted molar refractivity (Wildman–Crippen MR) is 65.4 cm³/mol. The molecule has 1 aliphatic heterocycles. The zero-order valence-electron chi connectivity index (χ0n) is 9.84. The fourth-order valence-electron chi connectivity index (χ4n) is 2.23. The number of nitrogens with zero attached hydrogens (tertiary/aromatic N) is 1. The first-order chi connectivity index (χ1) is 8.08. The van der Waals surface area contributed by atoms with Gasteiger partial charge in [-0.2, -0.15) is 0 Å². The van der Waals surface area contributed by atoms with Gasteiger partial charge in [0, 0.05) is 24.7 Å². The Kier molecular flexibility index (Phi) is 3.33. The molecule has 4 nitrogen and oxygen atoms in total. The van der Waals surface area contributed by atoms with Crippen LogP contribution in [0.3, 0.4) is 0 Å². The summed E-state index contributed by atoms with van der Waals surface area (Å²) in [5.74, 6) is -0.589. The monoisotopic (exact) mass is 235 g/mol. The van der Waals surface area contributed by atoms with Gasteiger partial charge in [0.25, 0.3) is 0 Å². The number of carboxylic acid groups (broad SMARTS) is 1. The number of aliphatic hydroxyl groups is 1. The molecule has 0 bridgehead atoms. The van der Waals surface area contributed by atoms with Crippen LogP contribution in [0.5, 0.6) is 0 Å². The lowest BCUT2D eigenvalue weighted by Crippen LogP contribution is -2.23. The molecule has 0 aliphatic carbocycles. The molecular formula is C13H17NO3. The smallest absolute Gasteiger partial charge is 0.335 e. The van der Waals surface area contributed by atoms with Gasteiger partial charge in [-0.3, -0.25) is 0 Å². The summed E-state index contributed by atoms with van der Waals surface area (Å²) in [6, 6.07) is 6.89. The van der Waals surface area contributed by atoms with Gasteiger partial charge in [-0.25, -0.2) is 4.79 Å². The van der Waals surface area contributed by atoms with Crippen LogP contribution in [-0.4, -0.2) is 35.4 Å². The highest BCUT2D eigenvalue weighted by atomic mass is 16.4. The zero-order chi connectivity index (χ0) is 12.4. The number of hydrogen-bond acceptors (Lipinski definition) is 3. The van der Waals surface area contributed by atoms with Crippen molar-refractivity contribution < 1.29 is 15.0 Å². The molecule has 4 heteroatoms. The fraction of sp³-hybridized carbons (Fsp3) is 0.462. The number of carboxylic acids is 1. The second-order valence-corrected chi connectivity index (χ2v) is 4.59. The summed E-state index contributed by atoms with van der Waals surface area (Å²) >= 11 is 0. The largest absolute Gasteiger partial charge is 0.478 e. The van der Waals surface area contributed by atoms with Crippen LogP contribution in [0.25, 0.3) is 0 Å². The van der Waals surface area contributed by atoms with Gasteiger partial charge in [0.2, 0.25) is 0 Å². The molecule has 0 aromatic heterocycles. The van der Waals surface area contributed by atoms with Gasteiger partial charge >= 0.3 is 5.97 Å². The quantitative estimate of drug-likeness (QED) is 0.835. The maximum Gasteiger partial charge on any atom is 0.335 e. The van der Waals surface area contributed by atoms with E-state index in [2.05, 4.69) is 4.90 Å². The molecule has 2 atom stereocenters. The molecule has 1 heterocycles. The van der Waals surface area contributed by atoms with Crippen LogP contribution in [0.1, 0.15) is 23.7 Å². The molecule has 17 heavy (non-hydrogen) atoms. The van der Waals surface area contributed by atoms with E-state index in [1.54, 1.807) is 12.1 Å². The SMILES string of the molecule is C[C@H](O)[C@@H]1CCN(c2ccc(C(=O)O)cc2)C1. The number of anilines is 1. The molecule has 1 fully saturated rings. The molecule has 1 saturated heterocycles. The van der Waals surface area contributed by atoms with Gasteiger partial charge in [0.1, 0.15) is 0 Å². The average molecular weight is 235 g/mol. The number of rotatable bonds is 3. The number of carbonyl (C=O) groups is 1. The number of benzene rings is 1. The van der Waals surface area contributed by atoms with Crippen LogP contribution in [-0.2, 0) is 0 Å². The molecule has 0 spiro atoms. The Bertz CT molecular complexity index is 400. The van der Waals surface area contributed by atoms with Crippen molar-refractivity contribution in [2.75, 3.05) is 18.0 Å². The summed E-state index contributed by atoms with van der Waals surface area (Å²) in [5.41, 5.74) is 1.33. The Balaban J connectivity index is 2.06. The van der Waals surface area contributed by atoms with E-state index in [9.17, 15) is 9.90 Å². The van der Waals surface area contributed by atoms with Crippen molar-refractivity contribution in [3.8, 4) is 0 Å². The first kappa shape index (κ1) is 11.9. The van der Waals surface area contributed by atoms with E-state index in [0.717, 1.165) is 25.2 Å². The first-order valence-electron chi connectivity index (χ1n) is 5.84. The molecule has 92 valence electrons. The Morgan fingerprint density at radius 3 is 2.53 bits per heavy atom. The number of aromatic carboxylic acids is 1. The van der Waals surface area contributed by atoms with E-state index in [1.165, 1.54) is 0 Å². The van der Waals surface area contributed by atoms with Crippen molar-refractivity contribution in [3.63, 3.8) is 0 Å². The van der Waals surface area contributed by atoms with Crippen molar-refractivity contribution in [3.05, 3.63) is 29.8 Å². The van der Waals surface area contributed by atoms with Crippen molar-refractivity contribution in [2.45, 2.75) is 19.4 Å². The lowest BCUT2D eigenvalue weighted by atomic mass is 10.0. The van der Waals surface area contributed by atoms with Crippen LogP contribution >= 0.6 is 0 Å². The maximum atomic E-state index is 10.7. The summed E-state index contributed by atoms with van der Waals surface area (Å²) in [7, 11) is 0. The highest BCUT2D eigenvalue weighted by Gasteiger charge is 2.26. The van der Waals surface area contributed by atoms with Crippen molar-refractivity contribution >= 4 is 11.7 Å². The second-order valence-electron chi connectivity index (χ2n) is 4.59. The van der Waals surface area contributed by atoms with E-state index >= 15 is 0 Å². The molecule has 2 rings (SSSR count). The number of aliphatic hydroxyl groups excluding tert-OH is 1. The van der Waals surface area contributed by atoms with Crippen molar-refractivity contribution in [1.29, 1.82) is 0 Å². The maximum absolute atomic E-state index is 10.7. The lowest BCUT2D eigenvalue weighted by molar-refractivity contribution is 0.0697. The summed E-state index contributed by atoms with van der Waals surface area (Å²) in [6.07, 6.45) is 0.705. The molecule has 1 aliphatic rings. The van der Waals surface area contributed by atoms with Crippen molar-refractivity contribution in [2.24, 2.45) is 5.92 Å². The van der Waals surface area contributed by atoms with Gasteiger partial charge in [0.15, 0.2) is 0 Å². The summed E-state index contributed by atoms with van der Waals surface area (Å²) in [6.45, 7) is 3.58. The van der Waals surface area contributed by atoms with E-state index in [-0.39, 0.29) is 6.10 Å². The molecule has 0 amide bonds. The molecule has 0 saturated carbocycles. The minimum atomic E-state index is -0.903. The van der Waals surface area contributed by atoms with Gasteiger partial charge in [-0.05, 0) is 37.6 Å². The molecule has 0 radical (unpaired) electrons. The van der Waals surface area contributed by atoms with Crippen molar-refractivity contribution in [1.82, 2.24) is 0 Å². The fourth-order valence-corrected chi connectivity index (χ4v) is 2.23. The molecule has 2 N–H and O–H groups in total. The Morgan fingerprint density at radius 2 is 2.06 bits per heavy atom. The van der Waals surface area contributed by atoms with E-state index in [4.69, 9.17) is 5.11 Å². The van der Waals surface area contributed by atoms with Gasteiger partial charge in [0.05, 0.1) is 11.7 Å². The highest BCUT2D eigenvalue weighted by Crippen LogP contribution is 2.25. The Hall–Kier alpha value is -1.55. The second kappa shape index (κ2) is 4.75. The molecule has 1 aromatic carbocycles. The average Bonchev–Trinajstić information content (AvgIpc) is 2.78. The van der Waals surface area contributed by atoms with Gasteiger partial charge in [-0.1, -0.05) is 0 Å². The minimum Gasteiger partial charge on any atom is -0.478 e. The van der Waals surface area contributed by atoms with Gasteiger partial charge in [-0.15, -0.1) is 0 Å². The minimum absolute atomic E-state index is 0.279. The van der Waals surface area contributed by atoms with Crippen LogP contribution in [0.15, 0.2) is 24.3 Å². The summed E-state index contributed by atoms with van der Waals surface area (Å²) in [4.78, 5) is 12.9. The zero-order valence-corrected chi connectivity index (χ0v) is 9.84. The molecule has 1 aromatic rings. The lowest BCUT2D eigenvalue weighted by Gasteiger charge is -2.19. The topological polar surface area (TPSA) is 60.8 Å². The standard InChI is InChI=1S/C13H17NO3/c1-9(15)11-6-7-14(8-11)12-4-2-10(3-5-12)13(16)17/h2-5,9,11,15H,6-8H2,1H3,(H,16,17)/t9-,11+/m0/s1. The Labute approximate surface area is 100 Å². The third kappa shape index (κ3) is 2.58. The highest BCUT2D eigenvalue weighted by molar-refractivity contribution is 5.88. The molecule has 0 unspecified atom stereocenters. The first-order valence-corrected chi connectivity index (χ1v) is 5.84. The summed E-state index contributed by atoms with van der Waals surface area (Å²) in [5, 5.41) is 18.3. The van der Waals surface area contributed by atoms with Gasteiger partial charge < -0.3 is 15.1 Å². The summed E-state index contributed by atoms with van der Waals surface area (Å²) < 4.78 is 0. The molecular weight excluding hydrogens is 218 g/mol. The normalized spacial score (nSPS) is 21.5. The third-order valence-corrected chi connectivity index (χ3v) is 3.39. The van der Waals surface area contributed by atoms with Crippen LogP contribution < -0.4 is 4.90 Å². The van der Waals surface area contributed by atoms with Crippen LogP contribution in [0.2, 0.25) is 0 Å². The Morgan fingerprint density at radius 1 is 1.41 bits per heavy atom. The van der Waals surface area contributed by atoms with Crippen LogP contribution in [0, 0.1) is 5.92 Å². The van der Waals surface area contributed by atoms with E-state index < -0.39 is 5.97 Å². The van der Waals surface area contributed by atoms with E-state index in [0.29, 0.717) is 11.5 Å². The predicted octanol–water partition coefficient (Wildman–Crippen LogP) is 1.59. The number of hydrogen-bond donors (Lipinski definition) is 2. The van der Waals surface area contributed by atoms with E-state index in [1.807, 2.05) is 19.1 Å². The third-order valence-electron chi connectivity index (χ3n) is 3.39. The van der Waals surface area contributed by atoms with Crippen LogP contribution in [0.4, 0.5) is 5.69 Å².